The van der Waals surface area contributed by atoms with E-state index in [-0.39, 0.29) is 5.92 Å². The maximum atomic E-state index is 11.5. The number of esters is 1. The number of aryl methyl sites for hydroxylation is 1. The van der Waals surface area contributed by atoms with Gasteiger partial charge in [0.15, 0.2) is 15.5 Å². The molecule has 0 aromatic carbocycles. The smallest absolute Gasteiger partial charge is 0.358 e. The Bertz CT molecular complexity index is 639. The van der Waals surface area contributed by atoms with Gasteiger partial charge in [-0.25, -0.2) is 13.2 Å². The first-order valence-corrected chi connectivity index (χ1v) is 9.14. The van der Waals surface area contributed by atoms with Gasteiger partial charge in [0, 0.05) is 18.8 Å². The Balaban J connectivity index is 1.85. The second-order valence-electron chi connectivity index (χ2n) is 5.92. The molecule has 0 amide bonds. The third-order valence-corrected chi connectivity index (χ3v) is 5.80. The highest BCUT2D eigenvalue weighted by atomic mass is 32.2. The average Bonchev–Trinajstić information content (AvgIpc) is 2.98. The number of rotatable bonds is 6. The van der Waals surface area contributed by atoms with Crippen molar-refractivity contribution in [2.45, 2.75) is 19.9 Å². The normalized spacial score (nSPS) is 20.5. The van der Waals surface area contributed by atoms with Crippen molar-refractivity contribution < 1.29 is 17.9 Å². The van der Waals surface area contributed by atoms with Crippen LogP contribution in [0.4, 0.5) is 0 Å². The molecule has 8 heteroatoms. The van der Waals surface area contributed by atoms with Gasteiger partial charge in [-0.15, -0.1) is 0 Å². The lowest BCUT2D eigenvalue weighted by atomic mass is 10.1. The van der Waals surface area contributed by atoms with Gasteiger partial charge in [-0.1, -0.05) is 0 Å². The van der Waals surface area contributed by atoms with Crippen LogP contribution in [0.3, 0.4) is 0 Å². The summed E-state index contributed by atoms with van der Waals surface area (Å²) in [6.45, 7) is 4.06. The van der Waals surface area contributed by atoms with Crippen molar-refractivity contribution in [3.8, 4) is 0 Å². The van der Waals surface area contributed by atoms with E-state index in [2.05, 4.69) is 14.7 Å². The van der Waals surface area contributed by atoms with E-state index in [1.54, 1.807) is 10.7 Å². The Labute approximate surface area is 131 Å². The minimum Gasteiger partial charge on any atom is -0.464 e. The Hall–Kier alpha value is -1.41. The van der Waals surface area contributed by atoms with Gasteiger partial charge in [0.1, 0.15) is 0 Å². The van der Waals surface area contributed by atoms with Gasteiger partial charge >= 0.3 is 5.97 Å². The first kappa shape index (κ1) is 17.0. The fraction of sp³-hybridized carbons (Fsp3) is 0.714. The highest BCUT2D eigenvalue weighted by molar-refractivity contribution is 7.91. The quantitative estimate of drug-likeness (QED) is 0.700. The number of methoxy groups -OCH3 is 1. The molecule has 0 aliphatic carbocycles. The number of nitrogens with zero attached hydrogens (tertiary/aromatic N) is 3. The van der Waals surface area contributed by atoms with Crippen molar-refractivity contribution in [2.75, 3.05) is 38.8 Å². The monoisotopic (exact) mass is 329 g/mol. The molecule has 0 radical (unpaired) electrons. The predicted molar refractivity (Wildman–Crippen MR) is 82.6 cm³/mol. The summed E-state index contributed by atoms with van der Waals surface area (Å²) in [5.41, 5.74) is 1.21. The van der Waals surface area contributed by atoms with E-state index in [0.29, 0.717) is 23.7 Å². The topological polar surface area (TPSA) is 81.5 Å². The molecule has 7 nitrogen and oxygen atoms in total. The maximum absolute atomic E-state index is 11.5. The highest BCUT2D eigenvalue weighted by Crippen LogP contribution is 2.19. The number of ether oxygens (including phenoxy) is 1. The third kappa shape index (κ3) is 4.30. The fourth-order valence-electron chi connectivity index (χ4n) is 2.75. The molecule has 1 aliphatic heterocycles. The van der Waals surface area contributed by atoms with Crippen LogP contribution >= 0.6 is 0 Å². The molecule has 1 unspecified atom stereocenters. The van der Waals surface area contributed by atoms with Crippen LogP contribution in [0.25, 0.3) is 0 Å². The summed E-state index contributed by atoms with van der Waals surface area (Å²) in [5, 5.41) is 4.23. The lowest BCUT2D eigenvalue weighted by molar-refractivity contribution is 0.0593. The van der Waals surface area contributed by atoms with Crippen molar-refractivity contribution in [3.05, 3.63) is 17.5 Å². The molecule has 1 aromatic rings. The van der Waals surface area contributed by atoms with Crippen LogP contribution in [0.15, 0.2) is 6.07 Å². The standard InChI is InChI=1S/C14H23N3O4S/c1-11-8-13(14(18)21-3)15-17(11)6-5-16(2)9-12-4-7-22(19,20)10-12/h8,12H,4-7,9-10H2,1-3H3. The summed E-state index contributed by atoms with van der Waals surface area (Å²) in [6.07, 6.45) is 0.750. The van der Waals surface area contributed by atoms with Crippen molar-refractivity contribution >= 4 is 15.8 Å². The Morgan fingerprint density at radius 2 is 2.27 bits per heavy atom. The van der Waals surface area contributed by atoms with E-state index in [1.165, 1.54) is 7.11 Å². The lowest BCUT2D eigenvalue weighted by Crippen LogP contribution is -2.30. The Kier molecular flexibility index (Phi) is 5.23. The van der Waals surface area contributed by atoms with Crippen molar-refractivity contribution in [2.24, 2.45) is 5.92 Å². The second kappa shape index (κ2) is 6.78. The third-order valence-electron chi connectivity index (χ3n) is 3.97. The molecule has 0 N–H and O–H groups in total. The zero-order chi connectivity index (χ0) is 16.3. The molecular weight excluding hydrogens is 306 g/mol. The van der Waals surface area contributed by atoms with E-state index >= 15 is 0 Å². The number of hydrogen-bond acceptors (Lipinski definition) is 6. The first-order valence-electron chi connectivity index (χ1n) is 7.32. The van der Waals surface area contributed by atoms with Crippen LogP contribution in [-0.4, -0.2) is 67.8 Å². The molecule has 1 saturated heterocycles. The van der Waals surface area contributed by atoms with Gasteiger partial charge in [-0.05, 0) is 32.4 Å². The number of carbonyl (C=O) groups excluding carboxylic acids is 1. The fourth-order valence-corrected chi connectivity index (χ4v) is 4.60. The summed E-state index contributed by atoms with van der Waals surface area (Å²) in [5.74, 6) is 0.391. The number of likely N-dealkylation sites (N-methyl/N-ethyl adjacent to an activating group) is 1. The molecule has 22 heavy (non-hydrogen) atoms. The van der Waals surface area contributed by atoms with E-state index in [4.69, 9.17) is 0 Å². The van der Waals surface area contributed by atoms with Gasteiger partial charge in [0.05, 0.1) is 25.2 Å². The number of carbonyl (C=O) groups is 1. The number of sulfone groups is 1. The van der Waals surface area contributed by atoms with E-state index in [1.807, 2.05) is 14.0 Å². The molecule has 124 valence electrons. The average molecular weight is 329 g/mol. The Morgan fingerprint density at radius 3 is 2.86 bits per heavy atom. The molecule has 1 aliphatic rings. The predicted octanol–water partition coefficient (Wildman–Crippen LogP) is 0.345. The SMILES string of the molecule is COC(=O)c1cc(C)n(CCN(C)CC2CCS(=O)(=O)C2)n1. The summed E-state index contributed by atoms with van der Waals surface area (Å²) in [4.78, 5) is 13.6. The van der Waals surface area contributed by atoms with E-state index in [9.17, 15) is 13.2 Å². The minimum atomic E-state index is -2.82. The second-order valence-corrected chi connectivity index (χ2v) is 8.15. The molecule has 2 heterocycles. The van der Waals surface area contributed by atoms with Gasteiger partial charge in [-0.3, -0.25) is 4.68 Å². The maximum Gasteiger partial charge on any atom is 0.358 e. The molecule has 1 atom stereocenters. The zero-order valence-electron chi connectivity index (χ0n) is 13.3. The van der Waals surface area contributed by atoms with Crippen LogP contribution in [-0.2, 0) is 21.1 Å². The van der Waals surface area contributed by atoms with Crippen LogP contribution in [0, 0.1) is 12.8 Å². The van der Waals surface area contributed by atoms with Crippen LogP contribution in [0.1, 0.15) is 22.6 Å². The summed E-state index contributed by atoms with van der Waals surface area (Å²) in [7, 11) is 0.491. The van der Waals surface area contributed by atoms with Crippen molar-refractivity contribution in [3.63, 3.8) is 0 Å². The van der Waals surface area contributed by atoms with Crippen LogP contribution in [0.5, 0.6) is 0 Å². The van der Waals surface area contributed by atoms with Crippen molar-refractivity contribution in [1.29, 1.82) is 0 Å². The molecular formula is C14H23N3O4S. The largest absolute Gasteiger partial charge is 0.464 e. The lowest BCUT2D eigenvalue weighted by Gasteiger charge is -2.20. The van der Waals surface area contributed by atoms with Gasteiger partial charge in [0.2, 0.25) is 0 Å². The summed E-state index contributed by atoms with van der Waals surface area (Å²) < 4.78 is 29.4. The molecule has 0 bridgehead atoms. The van der Waals surface area contributed by atoms with Crippen LogP contribution < -0.4 is 0 Å². The summed E-state index contributed by atoms with van der Waals surface area (Å²) in [6, 6.07) is 1.70. The van der Waals surface area contributed by atoms with E-state index in [0.717, 1.165) is 25.2 Å². The van der Waals surface area contributed by atoms with E-state index < -0.39 is 15.8 Å². The molecule has 0 saturated carbocycles. The van der Waals surface area contributed by atoms with Crippen molar-refractivity contribution in [1.82, 2.24) is 14.7 Å². The van der Waals surface area contributed by atoms with Crippen LogP contribution in [0.2, 0.25) is 0 Å². The summed E-state index contributed by atoms with van der Waals surface area (Å²) >= 11 is 0. The van der Waals surface area contributed by atoms with Gasteiger partial charge in [-0.2, -0.15) is 5.10 Å². The Morgan fingerprint density at radius 1 is 1.55 bits per heavy atom. The first-order chi connectivity index (χ1) is 10.3. The number of hydrogen-bond donors (Lipinski definition) is 0. The van der Waals surface area contributed by atoms with Gasteiger partial charge < -0.3 is 9.64 Å². The number of aromatic nitrogens is 2. The molecule has 1 fully saturated rings. The zero-order valence-corrected chi connectivity index (χ0v) is 14.1. The molecule has 0 spiro atoms. The van der Waals surface area contributed by atoms with Gasteiger partial charge in [0.25, 0.3) is 0 Å². The minimum absolute atomic E-state index is 0.222. The highest BCUT2D eigenvalue weighted by Gasteiger charge is 2.28. The molecule has 1 aromatic heterocycles. The molecule has 2 rings (SSSR count).